The average Bonchev–Trinajstić information content (AvgIpc) is 2.97. The summed E-state index contributed by atoms with van der Waals surface area (Å²) in [5.41, 5.74) is 6.54. The molecule has 0 atom stereocenters. The van der Waals surface area contributed by atoms with E-state index in [1.54, 1.807) is 45.2 Å². The first-order valence-electron chi connectivity index (χ1n) is 8.23. The van der Waals surface area contributed by atoms with E-state index in [2.05, 4.69) is 10.9 Å². The van der Waals surface area contributed by atoms with Crippen molar-refractivity contribution in [1.29, 1.82) is 0 Å². The highest BCUT2D eigenvalue weighted by Crippen LogP contribution is 2.24. The maximum absolute atomic E-state index is 12.0. The van der Waals surface area contributed by atoms with Gasteiger partial charge in [0, 0.05) is 16.9 Å². The van der Waals surface area contributed by atoms with Crippen LogP contribution in [-0.2, 0) is 10.5 Å². The number of ether oxygens (including phenoxy) is 1. The molecule has 0 saturated carbocycles. The zero-order valence-electron chi connectivity index (χ0n) is 15.7. The number of nitrogens with one attached hydrogen (secondary N) is 2. The third-order valence-electron chi connectivity index (χ3n) is 3.78. The number of hydrogen-bond acceptors (Lipinski definition) is 6. The molecule has 8 heteroatoms. The number of furan rings is 1. The lowest BCUT2D eigenvalue weighted by atomic mass is 10.1. The normalized spacial score (nSPS) is 10.4. The van der Waals surface area contributed by atoms with E-state index in [0.717, 1.165) is 5.56 Å². The number of hydrogen-bond donors (Lipinski definition) is 2. The molecule has 0 spiro atoms. The fourth-order valence-electron chi connectivity index (χ4n) is 2.45. The van der Waals surface area contributed by atoms with Gasteiger partial charge in [-0.25, -0.2) is 0 Å². The molecule has 0 bridgehead atoms. The van der Waals surface area contributed by atoms with E-state index in [1.807, 2.05) is 0 Å². The van der Waals surface area contributed by atoms with E-state index in [1.165, 1.54) is 18.7 Å². The molecule has 2 rings (SSSR count). The minimum absolute atomic E-state index is 0.0332. The Morgan fingerprint density at radius 2 is 1.89 bits per heavy atom. The Balaban J connectivity index is 1.84. The lowest BCUT2D eigenvalue weighted by molar-refractivity contribution is -0.119. The number of carbonyl (C=O) groups is 3. The Hall–Kier alpha value is -2.74. The highest BCUT2D eigenvalue weighted by atomic mass is 32.2. The lowest BCUT2D eigenvalue weighted by Gasteiger charge is -2.10. The molecule has 1 aromatic heterocycles. The van der Waals surface area contributed by atoms with Gasteiger partial charge in [0.2, 0.25) is 5.91 Å². The van der Waals surface area contributed by atoms with Crippen LogP contribution in [0, 0.1) is 13.8 Å². The number of hydrazine groups is 1. The number of carbonyl (C=O) groups excluding carboxylic acids is 3. The minimum Gasteiger partial charge on any atom is -0.496 e. The summed E-state index contributed by atoms with van der Waals surface area (Å²) in [6.07, 6.45) is 0. The smallest absolute Gasteiger partial charge is 0.273 e. The summed E-state index contributed by atoms with van der Waals surface area (Å²) in [6.45, 7) is 4.93. The van der Waals surface area contributed by atoms with Gasteiger partial charge in [0.15, 0.2) is 5.78 Å². The Morgan fingerprint density at radius 1 is 1.15 bits per heavy atom. The molecule has 0 aliphatic rings. The third-order valence-corrected chi connectivity index (χ3v) is 4.76. The predicted molar refractivity (Wildman–Crippen MR) is 103 cm³/mol. The molecule has 1 heterocycles. The van der Waals surface area contributed by atoms with Gasteiger partial charge < -0.3 is 9.15 Å². The first-order chi connectivity index (χ1) is 12.8. The van der Waals surface area contributed by atoms with Gasteiger partial charge >= 0.3 is 0 Å². The fraction of sp³-hybridized carbons (Fsp3) is 0.316. The first-order valence-corrected chi connectivity index (χ1v) is 9.39. The van der Waals surface area contributed by atoms with E-state index in [4.69, 9.17) is 9.15 Å². The molecule has 0 aliphatic heterocycles. The van der Waals surface area contributed by atoms with E-state index in [0.29, 0.717) is 34.1 Å². The van der Waals surface area contributed by atoms with Gasteiger partial charge in [-0.1, -0.05) is 0 Å². The largest absolute Gasteiger partial charge is 0.496 e. The lowest BCUT2D eigenvalue weighted by Crippen LogP contribution is -2.42. The number of ketones is 1. The van der Waals surface area contributed by atoms with Crippen molar-refractivity contribution in [3.63, 3.8) is 0 Å². The highest BCUT2D eigenvalue weighted by molar-refractivity contribution is 7.99. The molecule has 0 radical (unpaired) electrons. The number of benzene rings is 1. The van der Waals surface area contributed by atoms with Crippen LogP contribution in [-0.4, -0.2) is 30.5 Å². The van der Waals surface area contributed by atoms with Crippen molar-refractivity contribution in [3.05, 3.63) is 52.5 Å². The summed E-state index contributed by atoms with van der Waals surface area (Å²) in [5.74, 6) is 1.60. The van der Waals surface area contributed by atoms with Crippen molar-refractivity contribution >= 4 is 29.4 Å². The second-order valence-corrected chi connectivity index (χ2v) is 6.89. The summed E-state index contributed by atoms with van der Waals surface area (Å²) in [6, 6.07) is 6.82. The molecule has 144 valence electrons. The number of amides is 2. The number of Topliss-reactive ketones (excluding diaryl/α,β-unsaturated/α-hetero) is 1. The number of aryl methyl sites for hydroxylation is 2. The van der Waals surface area contributed by atoms with Crippen molar-refractivity contribution < 1.29 is 23.5 Å². The second kappa shape index (κ2) is 9.27. The van der Waals surface area contributed by atoms with Gasteiger partial charge in [0.05, 0.1) is 18.4 Å². The van der Waals surface area contributed by atoms with Crippen LogP contribution in [0.15, 0.2) is 28.7 Å². The molecule has 7 nitrogen and oxygen atoms in total. The molecule has 1 aromatic carbocycles. The summed E-state index contributed by atoms with van der Waals surface area (Å²) in [4.78, 5) is 35.5. The summed E-state index contributed by atoms with van der Waals surface area (Å²) in [5, 5.41) is 0. The second-order valence-electron chi connectivity index (χ2n) is 5.90. The van der Waals surface area contributed by atoms with Crippen molar-refractivity contribution in [3.8, 4) is 5.75 Å². The van der Waals surface area contributed by atoms with Crippen LogP contribution in [0.4, 0.5) is 0 Å². The molecule has 27 heavy (non-hydrogen) atoms. The van der Waals surface area contributed by atoms with Crippen LogP contribution in [0.2, 0.25) is 0 Å². The van der Waals surface area contributed by atoms with Crippen LogP contribution in [0.25, 0.3) is 0 Å². The Bertz CT molecular complexity index is 860. The minimum atomic E-state index is -0.432. The van der Waals surface area contributed by atoms with E-state index in [-0.39, 0.29) is 17.4 Å². The van der Waals surface area contributed by atoms with E-state index >= 15 is 0 Å². The van der Waals surface area contributed by atoms with Crippen molar-refractivity contribution in [1.82, 2.24) is 10.9 Å². The molecule has 0 unspecified atom stereocenters. The molecule has 0 saturated heterocycles. The Morgan fingerprint density at radius 3 is 2.48 bits per heavy atom. The fourth-order valence-corrected chi connectivity index (χ4v) is 3.26. The molecule has 0 fully saturated rings. The average molecular weight is 390 g/mol. The Labute approximate surface area is 161 Å². The van der Waals surface area contributed by atoms with Crippen molar-refractivity contribution in [2.45, 2.75) is 26.5 Å². The van der Waals surface area contributed by atoms with Crippen LogP contribution in [0.3, 0.4) is 0 Å². The molecule has 2 N–H and O–H groups in total. The maximum atomic E-state index is 12.0. The van der Waals surface area contributed by atoms with Gasteiger partial charge in [-0.3, -0.25) is 25.2 Å². The Kier molecular flexibility index (Phi) is 7.06. The first kappa shape index (κ1) is 20.6. The topological polar surface area (TPSA) is 97.6 Å². The summed E-state index contributed by atoms with van der Waals surface area (Å²) in [7, 11) is 1.55. The monoisotopic (exact) mass is 390 g/mol. The van der Waals surface area contributed by atoms with Gasteiger partial charge in [0.1, 0.15) is 17.3 Å². The third kappa shape index (κ3) is 5.62. The number of methoxy groups -OCH3 is 1. The van der Waals surface area contributed by atoms with Crippen molar-refractivity contribution in [2.75, 3.05) is 12.9 Å². The standard InChI is InChI=1S/C19H22N2O5S/c1-11-7-16(13(3)26-11)19(24)21-20-18(23)10-27-9-15-8-14(12(2)22)5-6-17(15)25-4/h5-8H,9-10H2,1-4H3,(H,20,23)(H,21,24). The zero-order valence-corrected chi connectivity index (χ0v) is 16.5. The summed E-state index contributed by atoms with van der Waals surface area (Å²) >= 11 is 1.35. The molecule has 2 amide bonds. The molecule has 2 aromatic rings. The van der Waals surface area contributed by atoms with Crippen LogP contribution >= 0.6 is 11.8 Å². The van der Waals surface area contributed by atoms with Gasteiger partial charge in [-0.2, -0.15) is 0 Å². The predicted octanol–water partition coefficient (Wildman–Crippen LogP) is 2.80. The van der Waals surface area contributed by atoms with Gasteiger partial charge in [-0.15, -0.1) is 11.8 Å². The SMILES string of the molecule is COc1ccc(C(C)=O)cc1CSCC(=O)NNC(=O)c1cc(C)oc1C. The van der Waals surface area contributed by atoms with Crippen molar-refractivity contribution in [2.24, 2.45) is 0 Å². The number of thioether (sulfide) groups is 1. The summed E-state index contributed by atoms with van der Waals surface area (Å²) < 4.78 is 10.6. The van der Waals surface area contributed by atoms with Crippen LogP contribution < -0.4 is 15.6 Å². The quantitative estimate of drug-likeness (QED) is 0.557. The highest BCUT2D eigenvalue weighted by Gasteiger charge is 2.14. The number of rotatable bonds is 7. The molecular weight excluding hydrogens is 368 g/mol. The van der Waals surface area contributed by atoms with E-state index in [9.17, 15) is 14.4 Å². The van der Waals surface area contributed by atoms with Gasteiger partial charge in [0.25, 0.3) is 5.91 Å². The molecule has 0 aliphatic carbocycles. The van der Waals surface area contributed by atoms with Crippen LogP contribution in [0.5, 0.6) is 5.75 Å². The van der Waals surface area contributed by atoms with Crippen LogP contribution in [0.1, 0.15) is 44.7 Å². The van der Waals surface area contributed by atoms with Gasteiger partial charge in [-0.05, 0) is 45.0 Å². The zero-order chi connectivity index (χ0) is 20.0. The maximum Gasteiger partial charge on any atom is 0.273 e. The molecular formula is C19H22N2O5S. The van der Waals surface area contributed by atoms with E-state index < -0.39 is 5.91 Å².